The second-order valence-electron chi connectivity index (χ2n) is 7.65. The van der Waals surface area contributed by atoms with Gasteiger partial charge in [-0.3, -0.25) is 9.59 Å². The molecule has 3 rings (SSSR count). The minimum absolute atomic E-state index is 0.0592. The van der Waals surface area contributed by atoms with E-state index in [1.54, 1.807) is 30.3 Å². The average molecular weight is 444 g/mol. The molecule has 0 radical (unpaired) electrons. The minimum atomic E-state index is -0.182. The van der Waals surface area contributed by atoms with Gasteiger partial charge in [-0.2, -0.15) is 0 Å². The molecule has 0 atom stereocenters. The number of hydrogen-bond donors (Lipinski definition) is 2. The van der Waals surface area contributed by atoms with E-state index in [0.717, 1.165) is 37.2 Å². The summed E-state index contributed by atoms with van der Waals surface area (Å²) in [6.45, 7) is 3.84. The van der Waals surface area contributed by atoms with Crippen LogP contribution in [-0.2, 0) is 11.2 Å². The predicted octanol–water partition coefficient (Wildman–Crippen LogP) is 4.66. The quantitative estimate of drug-likeness (QED) is 0.660. The van der Waals surface area contributed by atoms with Gasteiger partial charge >= 0.3 is 0 Å². The van der Waals surface area contributed by atoms with E-state index in [1.807, 2.05) is 23.1 Å². The fourth-order valence-corrected chi connectivity index (χ4v) is 3.85. The molecule has 1 saturated heterocycles. The average Bonchev–Trinajstić information content (AvgIpc) is 2.73. The Morgan fingerprint density at radius 1 is 1.10 bits per heavy atom. The van der Waals surface area contributed by atoms with Gasteiger partial charge in [-0.15, -0.1) is 0 Å². The van der Waals surface area contributed by atoms with Crippen LogP contribution in [0, 0.1) is 5.92 Å². The molecule has 1 aliphatic rings. The molecule has 2 aromatic rings. The van der Waals surface area contributed by atoms with E-state index < -0.39 is 0 Å². The summed E-state index contributed by atoms with van der Waals surface area (Å²) in [4.78, 5) is 26.7. The molecular weight excluding hydrogens is 418 g/mol. The molecule has 2 aromatic carbocycles. The van der Waals surface area contributed by atoms with Gasteiger partial charge in [0.25, 0.3) is 5.91 Å². The highest BCUT2D eigenvalue weighted by Crippen LogP contribution is 2.19. The minimum Gasteiger partial charge on any atom is -0.339 e. The van der Waals surface area contributed by atoms with Crippen LogP contribution in [0.25, 0.3) is 0 Å². The van der Waals surface area contributed by atoms with Crippen molar-refractivity contribution in [2.45, 2.75) is 32.6 Å². The SMILES string of the molecule is CC1CCN(C(=O)c2ccc(NC(=S)NC(=O)CCc3ccccc3Cl)cc2)CC1. The van der Waals surface area contributed by atoms with Crippen molar-refractivity contribution in [2.24, 2.45) is 5.92 Å². The van der Waals surface area contributed by atoms with Gasteiger partial charge in [0.1, 0.15) is 0 Å². The van der Waals surface area contributed by atoms with Gasteiger partial charge in [0, 0.05) is 35.8 Å². The van der Waals surface area contributed by atoms with Crippen LogP contribution >= 0.6 is 23.8 Å². The lowest BCUT2D eigenvalue weighted by Gasteiger charge is -2.30. The number of likely N-dealkylation sites (tertiary alicyclic amines) is 1. The zero-order valence-electron chi connectivity index (χ0n) is 17.0. The molecular formula is C23H26ClN3O2S. The summed E-state index contributed by atoms with van der Waals surface area (Å²) in [7, 11) is 0. The first-order valence-electron chi connectivity index (χ1n) is 10.2. The number of anilines is 1. The Morgan fingerprint density at radius 3 is 2.43 bits per heavy atom. The summed E-state index contributed by atoms with van der Waals surface area (Å²) in [5, 5.41) is 6.53. The monoisotopic (exact) mass is 443 g/mol. The number of aryl methyl sites for hydroxylation is 1. The third kappa shape index (κ3) is 6.28. The second kappa shape index (κ2) is 10.5. The lowest BCUT2D eigenvalue weighted by Crippen LogP contribution is -2.37. The molecule has 0 saturated carbocycles. The molecule has 1 heterocycles. The van der Waals surface area contributed by atoms with E-state index in [4.69, 9.17) is 23.8 Å². The molecule has 1 aliphatic heterocycles. The van der Waals surface area contributed by atoms with Crippen molar-refractivity contribution >= 4 is 46.4 Å². The van der Waals surface area contributed by atoms with Crippen molar-refractivity contribution in [1.29, 1.82) is 0 Å². The van der Waals surface area contributed by atoms with Crippen molar-refractivity contribution in [3.63, 3.8) is 0 Å². The molecule has 1 fully saturated rings. The van der Waals surface area contributed by atoms with Crippen molar-refractivity contribution in [1.82, 2.24) is 10.2 Å². The Labute approximate surface area is 187 Å². The Hall–Kier alpha value is -2.44. The van der Waals surface area contributed by atoms with Crippen molar-refractivity contribution in [2.75, 3.05) is 18.4 Å². The maximum atomic E-state index is 12.6. The highest BCUT2D eigenvalue weighted by molar-refractivity contribution is 7.80. The Kier molecular flexibility index (Phi) is 7.82. The molecule has 158 valence electrons. The number of rotatable bonds is 5. The van der Waals surface area contributed by atoms with Gasteiger partial charge in [-0.1, -0.05) is 36.7 Å². The lowest BCUT2D eigenvalue weighted by molar-refractivity contribution is -0.119. The van der Waals surface area contributed by atoms with E-state index >= 15 is 0 Å². The largest absolute Gasteiger partial charge is 0.339 e. The number of benzene rings is 2. The molecule has 0 bridgehead atoms. The number of nitrogens with zero attached hydrogens (tertiary/aromatic N) is 1. The smallest absolute Gasteiger partial charge is 0.253 e. The van der Waals surface area contributed by atoms with Crippen LogP contribution < -0.4 is 10.6 Å². The third-order valence-electron chi connectivity index (χ3n) is 5.29. The van der Waals surface area contributed by atoms with Crippen LogP contribution in [0.15, 0.2) is 48.5 Å². The van der Waals surface area contributed by atoms with Gasteiger partial charge in [-0.25, -0.2) is 0 Å². The second-order valence-corrected chi connectivity index (χ2v) is 8.46. The van der Waals surface area contributed by atoms with E-state index in [-0.39, 0.29) is 23.3 Å². The van der Waals surface area contributed by atoms with Gasteiger partial charge in [-0.05, 0) is 73.3 Å². The van der Waals surface area contributed by atoms with E-state index in [9.17, 15) is 9.59 Å². The van der Waals surface area contributed by atoms with Crippen LogP contribution in [0.3, 0.4) is 0 Å². The number of piperidine rings is 1. The highest BCUT2D eigenvalue weighted by atomic mass is 35.5. The van der Waals surface area contributed by atoms with E-state index in [2.05, 4.69) is 17.6 Å². The van der Waals surface area contributed by atoms with Crippen molar-refractivity contribution in [3.05, 3.63) is 64.7 Å². The normalized spacial score (nSPS) is 14.3. The number of halogens is 1. The topological polar surface area (TPSA) is 61.4 Å². The summed E-state index contributed by atoms with van der Waals surface area (Å²) in [6.07, 6.45) is 2.93. The standard InChI is InChI=1S/C23H26ClN3O2S/c1-16-12-14-27(15-13-16)22(29)18-6-9-19(10-7-18)25-23(30)26-21(28)11-8-17-4-2-3-5-20(17)24/h2-7,9-10,16H,8,11-15H2,1H3,(H2,25,26,28,30). The molecule has 0 aromatic heterocycles. The van der Waals surface area contributed by atoms with Crippen LogP contribution in [-0.4, -0.2) is 34.9 Å². The van der Waals surface area contributed by atoms with Gasteiger partial charge in [0.05, 0.1) is 0 Å². The zero-order chi connectivity index (χ0) is 21.5. The zero-order valence-corrected chi connectivity index (χ0v) is 18.6. The Morgan fingerprint density at radius 2 is 1.77 bits per heavy atom. The number of carbonyl (C=O) groups is 2. The maximum Gasteiger partial charge on any atom is 0.253 e. The van der Waals surface area contributed by atoms with E-state index in [0.29, 0.717) is 22.9 Å². The summed E-state index contributed by atoms with van der Waals surface area (Å²) in [5.41, 5.74) is 2.30. The number of thiocarbonyl (C=S) groups is 1. The van der Waals surface area contributed by atoms with Crippen LogP contribution in [0.4, 0.5) is 5.69 Å². The molecule has 0 unspecified atom stereocenters. The number of hydrogen-bond acceptors (Lipinski definition) is 3. The Bertz CT molecular complexity index is 909. The molecule has 0 spiro atoms. The third-order valence-corrected chi connectivity index (χ3v) is 5.87. The number of carbonyl (C=O) groups excluding carboxylic acids is 2. The molecule has 30 heavy (non-hydrogen) atoms. The summed E-state index contributed by atoms with van der Waals surface area (Å²) >= 11 is 11.3. The van der Waals surface area contributed by atoms with Gasteiger partial charge < -0.3 is 15.5 Å². The summed E-state index contributed by atoms with van der Waals surface area (Å²) in [5.74, 6) is 0.559. The number of nitrogens with one attached hydrogen (secondary N) is 2. The summed E-state index contributed by atoms with van der Waals surface area (Å²) < 4.78 is 0. The van der Waals surface area contributed by atoms with Gasteiger partial charge in [0.2, 0.25) is 5.91 Å². The lowest BCUT2D eigenvalue weighted by atomic mass is 9.98. The van der Waals surface area contributed by atoms with Crippen LogP contribution in [0.5, 0.6) is 0 Å². The maximum absolute atomic E-state index is 12.6. The molecule has 5 nitrogen and oxygen atoms in total. The Balaban J connectivity index is 1.46. The van der Waals surface area contributed by atoms with Crippen molar-refractivity contribution < 1.29 is 9.59 Å². The predicted molar refractivity (Wildman–Crippen MR) is 125 cm³/mol. The molecule has 0 aliphatic carbocycles. The first-order chi connectivity index (χ1) is 14.4. The fraction of sp³-hybridized carbons (Fsp3) is 0.348. The summed E-state index contributed by atoms with van der Waals surface area (Å²) in [6, 6.07) is 14.6. The first-order valence-corrected chi connectivity index (χ1v) is 10.9. The van der Waals surface area contributed by atoms with E-state index in [1.165, 1.54) is 0 Å². The number of amides is 2. The van der Waals surface area contributed by atoms with Gasteiger partial charge in [0.15, 0.2) is 5.11 Å². The fourth-order valence-electron chi connectivity index (χ4n) is 3.39. The molecule has 2 N–H and O–H groups in total. The van der Waals surface area contributed by atoms with Crippen molar-refractivity contribution in [3.8, 4) is 0 Å². The highest BCUT2D eigenvalue weighted by Gasteiger charge is 2.21. The molecule has 7 heteroatoms. The van der Waals surface area contributed by atoms with Crippen LogP contribution in [0.2, 0.25) is 5.02 Å². The molecule has 2 amide bonds. The first kappa shape index (κ1) is 22.2. The van der Waals surface area contributed by atoms with Crippen LogP contribution in [0.1, 0.15) is 42.1 Å².